The maximum atomic E-state index is 12.4. The van der Waals surface area contributed by atoms with E-state index in [9.17, 15) is 4.79 Å². The van der Waals surface area contributed by atoms with Crippen molar-refractivity contribution in [2.75, 3.05) is 13.1 Å². The van der Waals surface area contributed by atoms with Gasteiger partial charge < -0.3 is 9.47 Å². The third kappa shape index (κ3) is 3.73. The van der Waals surface area contributed by atoms with Crippen molar-refractivity contribution in [1.82, 2.24) is 19.7 Å². The zero-order chi connectivity index (χ0) is 17.1. The number of hydrogen-bond acceptors (Lipinski definition) is 4. The van der Waals surface area contributed by atoms with Crippen LogP contribution in [0.2, 0.25) is 0 Å². The van der Waals surface area contributed by atoms with Crippen LogP contribution in [0.4, 0.5) is 0 Å². The Morgan fingerprint density at radius 3 is 2.52 bits per heavy atom. The zero-order valence-corrected chi connectivity index (χ0v) is 15.3. The van der Waals surface area contributed by atoms with Crippen LogP contribution < -0.4 is 0 Å². The molecule has 0 unspecified atom stereocenters. The van der Waals surface area contributed by atoms with Gasteiger partial charge in [0.1, 0.15) is 5.82 Å². The average molecular weight is 356 g/mol. The second-order valence-corrected chi connectivity index (χ2v) is 7.79. The fourth-order valence-electron chi connectivity index (χ4n) is 3.56. The third-order valence-corrected chi connectivity index (χ3v) is 6.08. The molecule has 4 rings (SSSR count). The number of fused-ring (bicyclic) bond motifs is 1. The van der Waals surface area contributed by atoms with Crippen molar-refractivity contribution in [1.29, 1.82) is 0 Å². The van der Waals surface area contributed by atoms with Crippen molar-refractivity contribution < 1.29 is 4.79 Å². The maximum absolute atomic E-state index is 12.4. The molecular formula is C19H24N4OS. The number of hydrogen-bond donors (Lipinski definition) is 0. The summed E-state index contributed by atoms with van der Waals surface area (Å²) < 4.78 is 2.28. The summed E-state index contributed by atoms with van der Waals surface area (Å²) in [4.78, 5) is 14.3. The lowest BCUT2D eigenvalue weighted by molar-refractivity contribution is 0.0793. The van der Waals surface area contributed by atoms with Crippen LogP contribution >= 0.6 is 11.8 Å². The van der Waals surface area contributed by atoms with Gasteiger partial charge in [-0.2, -0.15) is 0 Å². The first kappa shape index (κ1) is 16.6. The van der Waals surface area contributed by atoms with Crippen LogP contribution in [0.25, 0.3) is 0 Å². The topological polar surface area (TPSA) is 51.0 Å². The van der Waals surface area contributed by atoms with Gasteiger partial charge in [0.15, 0.2) is 5.16 Å². The van der Waals surface area contributed by atoms with Crippen molar-refractivity contribution in [3.05, 3.63) is 41.2 Å². The molecule has 1 aromatic heterocycles. The number of aromatic nitrogens is 3. The molecular weight excluding hydrogens is 332 g/mol. The molecule has 5 nitrogen and oxygen atoms in total. The van der Waals surface area contributed by atoms with Crippen LogP contribution in [0.3, 0.4) is 0 Å². The standard InChI is InChI=1S/C19H24N4OS/c24-18(22-11-4-5-12-22)16-9-7-15(8-10-16)14-25-19-21-20-17-6-2-1-3-13-23(17)19/h7-10H,1-6,11-14H2. The van der Waals surface area contributed by atoms with E-state index in [0.717, 1.165) is 61.2 Å². The Morgan fingerprint density at radius 2 is 1.72 bits per heavy atom. The summed E-state index contributed by atoms with van der Waals surface area (Å²) in [6.45, 7) is 2.83. The fourth-order valence-corrected chi connectivity index (χ4v) is 4.50. The lowest BCUT2D eigenvalue weighted by Crippen LogP contribution is -2.27. The monoisotopic (exact) mass is 356 g/mol. The Hall–Kier alpha value is -1.82. The van der Waals surface area contributed by atoms with E-state index >= 15 is 0 Å². The molecule has 0 aliphatic carbocycles. The number of aryl methyl sites for hydroxylation is 1. The minimum absolute atomic E-state index is 0.166. The molecule has 6 heteroatoms. The van der Waals surface area contributed by atoms with Crippen molar-refractivity contribution in [3.63, 3.8) is 0 Å². The van der Waals surface area contributed by atoms with E-state index in [1.165, 1.54) is 24.8 Å². The molecule has 2 aliphatic heterocycles. The molecule has 1 saturated heterocycles. The van der Waals surface area contributed by atoms with E-state index in [1.54, 1.807) is 11.8 Å². The SMILES string of the molecule is O=C(c1ccc(CSc2nnc3n2CCCCC3)cc1)N1CCCC1. The Labute approximate surface area is 152 Å². The molecule has 0 atom stereocenters. The largest absolute Gasteiger partial charge is 0.339 e. The van der Waals surface area contributed by atoms with E-state index in [2.05, 4.69) is 26.9 Å². The minimum Gasteiger partial charge on any atom is -0.339 e. The number of rotatable bonds is 4. The Balaban J connectivity index is 1.39. The second kappa shape index (κ2) is 7.60. The highest BCUT2D eigenvalue weighted by Gasteiger charge is 2.19. The number of benzene rings is 1. The van der Waals surface area contributed by atoms with Crippen LogP contribution in [0.5, 0.6) is 0 Å². The van der Waals surface area contributed by atoms with Crippen molar-refractivity contribution >= 4 is 17.7 Å². The van der Waals surface area contributed by atoms with Gasteiger partial charge in [-0.05, 0) is 43.4 Å². The van der Waals surface area contributed by atoms with Gasteiger partial charge in [0, 0.05) is 37.4 Å². The molecule has 3 heterocycles. The van der Waals surface area contributed by atoms with Crippen molar-refractivity contribution in [2.45, 2.75) is 56.0 Å². The molecule has 0 bridgehead atoms. The Morgan fingerprint density at radius 1 is 0.960 bits per heavy atom. The lowest BCUT2D eigenvalue weighted by atomic mass is 10.1. The average Bonchev–Trinajstić information content (AvgIpc) is 3.25. The summed E-state index contributed by atoms with van der Waals surface area (Å²) in [5.74, 6) is 2.15. The summed E-state index contributed by atoms with van der Waals surface area (Å²) in [6.07, 6.45) is 7.01. The Kier molecular flexibility index (Phi) is 5.06. The number of nitrogens with zero attached hydrogens (tertiary/aromatic N) is 4. The van der Waals surface area contributed by atoms with E-state index < -0.39 is 0 Å². The first-order valence-corrected chi connectivity index (χ1v) is 10.2. The molecule has 0 radical (unpaired) electrons. The number of carbonyl (C=O) groups is 1. The van der Waals surface area contributed by atoms with Crippen LogP contribution in [0.1, 0.15) is 53.8 Å². The third-order valence-electron chi connectivity index (χ3n) is 5.04. The highest BCUT2D eigenvalue weighted by molar-refractivity contribution is 7.98. The van der Waals surface area contributed by atoms with Crippen molar-refractivity contribution in [2.24, 2.45) is 0 Å². The molecule has 1 amide bonds. The molecule has 25 heavy (non-hydrogen) atoms. The first-order valence-electron chi connectivity index (χ1n) is 9.24. The summed E-state index contributed by atoms with van der Waals surface area (Å²) in [5, 5.41) is 9.74. The van der Waals surface area contributed by atoms with Gasteiger partial charge in [-0.1, -0.05) is 30.3 Å². The quantitative estimate of drug-likeness (QED) is 0.787. The van der Waals surface area contributed by atoms with Gasteiger partial charge in [-0.3, -0.25) is 4.79 Å². The number of thioether (sulfide) groups is 1. The fraction of sp³-hybridized carbons (Fsp3) is 0.526. The molecule has 0 saturated carbocycles. The maximum Gasteiger partial charge on any atom is 0.253 e. The van der Waals surface area contributed by atoms with Crippen LogP contribution in [0, 0.1) is 0 Å². The second-order valence-electron chi connectivity index (χ2n) is 6.85. The van der Waals surface area contributed by atoms with Gasteiger partial charge in [0.2, 0.25) is 0 Å². The normalized spacial score (nSPS) is 17.4. The van der Waals surface area contributed by atoms with E-state index in [-0.39, 0.29) is 5.91 Å². The number of amides is 1. The lowest BCUT2D eigenvalue weighted by Gasteiger charge is -2.15. The van der Waals surface area contributed by atoms with E-state index in [0.29, 0.717) is 0 Å². The van der Waals surface area contributed by atoms with Crippen LogP contribution in [-0.4, -0.2) is 38.7 Å². The highest BCUT2D eigenvalue weighted by atomic mass is 32.2. The highest BCUT2D eigenvalue weighted by Crippen LogP contribution is 2.25. The summed E-state index contributed by atoms with van der Waals surface area (Å²) in [5.41, 5.74) is 2.01. The van der Waals surface area contributed by atoms with E-state index in [1.807, 2.05) is 17.0 Å². The summed E-state index contributed by atoms with van der Waals surface area (Å²) >= 11 is 1.74. The molecule has 2 aromatic rings. The zero-order valence-electron chi connectivity index (χ0n) is 14.5. The molecule has 1 aromatic carbocycles. The summed E-state index contributed by atoms with van der Waals surface area (Å²) in [6, 6.07) is 8.05. The molecule has 132 valence electrons. The number of carbonyl (C=O) groups excluding carboxylic acids is 1. The molecule has 0 N–H and O–H groups in total. The minimum atomic E-state index is 0.166. The van der Waals surface area contributed by atoms with Crippen LogP contribution in [-0.2, 0) is 18.7 Å². The predicted octanol–water partition coefficient (Wildman–Crippen LogP) is 3.53. The number of likely N-dealkylation sites (tertiary alicyclic amines) is 1. The molecule has 1 fully saturated rings. The summed E-state index contributed by atoms with van der Waals surface area (Å²) in [7, 11) is 0. The van der Waals surface area contributed by atoms with Gasteiger partial charge in [-0.15, -0.1) is 10.2 Å². The van der Waals surface area contributed by atoms with Gasteiger partial charge in [-0.25, -0.2) is 0 Å². The van der Waals surface area contributed by atoms with Gasteiger partial charge in [0.25, 0.3) is 5.91 Å². The Bertz CT molecular complexity index is 734. The van der Waals surface area contributed by atoms with Gasteiger partial charge >= 0.3 is 0 Å². The van der Waals surface area contributed by atoms with E-state index in [4.69, 9.17) is 0 Å². The molecule has 0 spiro atoms. The first-order chi connectivity index (χ1) is 12.3. The van der Waals surface area contributed by atoms with Gasteiger partial charge in [0.05, 0.1) is 0 Å². The molecule has 2 aliphatic rings. The van der Waals surface area contributed by atoms with Crippen molar-refractivity contribution in [3.8, 4) is 0 Å². The predicted molar refractivity (Wildman–Crippen MR) is 98.7 cm³/mol. The van der Waals surface area contributed by atoms with Crippen LogP contribution in [0.15, 0.2) is 29.4 Å². The smallest absolute Gasteiger partial charge is 0.253 e.